The van der Waals surface area contributed by atoms with Crippen LogP contribution in [0.2, 0.25) is 0 Å². The van der Waals surface area contributed by atoms with Crippen molar-refractivity contribution in [2.24, 2.45) is 0 Å². The van der Waals surface area contributed by atoms with Crippen molar-refractivity contribution in [3.05, 3.63) is 0 Å². The zero-order valence-electron chi connectivity index (χ0n) is 9.28. The van der Waals surface area contributed by atoms with E-state index in [1.165, 1.54) is 0 Å². The quantitative estimate of drug-likeness (QED) is 0.721. The van der Waals surface area contributed by atoms with Crippen LogP contribution < -0.4 is 5.32 Å². The topological polar surface area (TPSA) is 58.6 Å². The fourth-order valence-electron chi connectivity index (χ4n) is 1.29. The molecule has 0 spiro atoms. The Morgan fingerprint density at radius 2 is 2.40 bits per heavy atom. The monoisotopic (exact) mass is 233 g/mol. The molecule has 1 saturated heterocycles. The van der Waals surface area contributed by atoms with Gasteiger partial charge in [-0.15, -0.1) is 11.8 Å². The summed E-state index contributed by atoms with van der Waals surface area (Å²) in [7, 11) is 0. The van der Waals surface area contributed by atoms with Crippen molar-refractivity contribution in [1.29, 1.82) is 0 Å². The van der Waals surface area contributed by atoms with E-state index < -0.39 is 5.60 Å². The molecule has 1 aliphatic rings. The largest absolute Gasteiger partial charge is 0.386 e. The van der Waals surface area contributed by atoms with E-state index in [2.05, 4.69) is 19.2 Å². The minimum absolute atomic E-state index is 0.0194. The minimum atomic E-state index is -0.849. The van der Waals surface area contributed by atoms with Gasteiger partial charge in [-0.1, -0.05) is 13.8 Å². The molecule has 1 heterocycles. The van der Waals surface area contributed by atoms with E-state index in [4.69, 9.17) is 4.74 Å². The van der Waals surface area contributed by atoms with Gasteiger partial charge in [0.2, 0.25) is 5.91 Å². The Labute approximate surface area is 94.8 Å². The third-order valence-electron chi connectivity index (χ3n) is 2.24. The molecular formula is C10H19NO3S. The van der Waals surface area contributed by atoms with Gasteiger partial charge in [0, 0.05) is 19.6 Å². The van der Waals surface area contributed by atoms with E-state index in [0.717, 1.165) is 0 Å². The van der Waals surface area contributed by atoms with Crippen molar-refractivity contribution < 1.29 is 14.6 Å². The van der Waals surface area contributed by atoms with Crippen LogP contribution in [-0.4, -0.2) is 47.4 Å². The summed E-state index contributed by atoms with van der Waals surface area (Å²) in [4.78, 5) is 11.4. The van der Waals surface area contributed by atoms with Gasteiger partial charge in [-0.25, -0.2) is 0 Å². The lowest BCUT2D eigenvalue weighted by molar-refractivity contribution is -0.119. The maximum atomic E-state index is 11.4. The molecule has 1 rings (SSSR count). The summed E-state index contributed by atoms with van der Waals surface area (Å²) < 4.78 is 5.08. The van der Waals surface area contributed by atoms with Crippen molar-refractivity contribution in [3.63, 3.8) is 0 Å². The van der Waals surface area contributed by atoms with Crippen molar-refractivity contribution in [3.8, 4) is 0 Å². The van der Waals surface area contributed by atoms with Crippen molar-refractivity contribution in [2.75, 3.05) is 25.5 Å². The highest BCUT2D eigenvalue weighted by molar-refractivity contribution is 8.00. The number of amides is 1. The number of ether oxygens (including phenoxy) is 1. The van der Waals surface area contributed by atoms with E-state index >= 15 is 0 Å². The molecular weight excluding hydrogens is 214 g/mol. The fourth-order valence-corrected chi connectivity index (χ4v) is 1.88. The molecule has 0 bridgehead atoms. The molecule has 0 radical (unpaired) electrons. The SMILES string of the molecule is CC(C)SCC(=O)NCC1(O)CCOC1. The van der Waals surface area contributed by atoms with Crippen LogP contribution in [0.25, 0.3) is 0 Å². The highest BCUT2D eigenvalue weighted by Crippen LogP contribution is 2.17. The first kappa shape index (κ1) is 12.8. The summed E-state index contributed by atoms with van der Waals surface area (Å²) >= 11 is 1.60. The van der Waals surface area contributed by atoms with Gasteiger partial charge in [0.15, 0.2) is 0 Å². The number of carbonyl (C=O) groups is 1. The smallest absolute Gasteiger partial charge is 0.230 e. The lowest BCUT2D eigenvalue weighted by Gasteiger charge is -2.20. The molecule has 0 aromatic carbocycles. The van der Waals surface area contributed by atoms with Gasteiger partial charge in [0.05, 0.1) is 12.4 Å². The third kappa shape index (κ3) is 4.86. The van der Waals surface area contributed by atoms with Gasteiger partial charge in [-0.2, -0.15) is 0 Å². The number of aliphatic hydroxyl groups is 1. The summed E-state index contributed by atoms with van der Waals surface area (Å²) in [5.41, 5.74) is -0.849. The number of hydrogen-bond acceptors (Lipinski definition) is 4. The Morgan fingerprint density at radius 3 is 2.93 bits per heavy atom. The van der Waals surface area contributed by atoms with Crippen LogP contribution in [-0.2, 0) is 9.53 Å². The van der Waals surface area contributed by atoms with Crippen LogP contribution in [0.3, 0.4) is 0 Å². The van der Waals surface area contributed by atoms with Gasteiger partial charge in [-0.05, 0) is 5.25 Å². The van der Waals surface area contributed by atoms with Crippen LogP contribution >= 0.6 is 11.8 Å². The molecule has 1 unspecified atom stereocenters. The summed E-state index contributed by atoms with van der Waals surface area (Å²) in [6, 6.07) is 0. The molecule has 1 aliphatic heterocycles. The summed E-state index contributed by atoms with van der Waals surface area (Å²) in [5.74, 6) is 0.434. The molecule has 4 nitrogen and oxygen atoms in total. The maximum Gasteiger partial charge on any atom is 0.230 e. The maximum absolute atomic E-state index is 11.4. The molecule has 88 valence electrons. The molecule has 0 aromatic rings. The first-order valence-electron chi connectivity index (χ1n) is 5.20. The first-order chi connectivity index (χ1) is 7.02. The Hall–Kier alpha value is -0.260. The number of hydrogen-bond donors (Lipinski definition) is 2. The van der Waals surface area contributed by atoms with Crippen LogP contribution in [0, 0.1) is 0 Å². The molecule has 1 atom stereocenters. The second kappa shape index (κ2) is 5.72. The van der Waals surface area contributed by atoms with Crippen molar-refractivity contribution >= 4 is 17.7 Å². The van der Waals surface area contributed by atoms with Gasteiger partial charge in [0.25, 0.3) is 0 Å². The van der Waals surface area contributed by atoms with Crippen LogP contribution in [0.5, 0.6) is 0 Å². The van der Waals surface area contributed by atoms with Crippen LogP contribution in [0.4, 0.5) is 0 Å². The van der Waals surface area contributed by atoms with Gasteiger partial charge < -0.3 is 15.2 Å². The van der Waals surface area contributed by atoms with Crippen LogP contribution in [0.1, 0.15) is 20.3 Å². The summed E-state index contributed by atoms with van der Waals surface area (Å²) in [6.45, 7) is 5.30. The van der Waals surface area contributed by atoms with E-state index in [0.29, 0.717) is 37.2 Å². The van der Waals surface area contributed by atoms with E-state index in [9.17, 15) is 9.90 Å². The Morgan fingerprint density at radius 1 is 1.67 bits per heavy atom. The van der Waals surface area contributed by atoms with E-state index in [-0.39, 0.29) is 5.91 Å². The predicted molar refractivity (Wildman–Crippen MR) is 61.0 cm³/mol. The van der Waals surface area contributed by atoms with Crippen molar-refractivity contribution in [2.45, 2.75) is 31.1 Å². The second-order valence-electron chi connectivity index (χ2n) is 4.16. The van der Waals surface area contributed by atoms with Crippen molar-refractivity contribution in [1.82, 2.24) is 5.32 Å². The Bertz CT molecular complexity index is 215. The standard InChI is InChI=1S/C10H19NO3S/c1-8(2)15-5-9(12)11-6-10(13)3-4-14-7-10/h8,13H,3-7H2,1-2H3,(H,11,12). The summed E-state index contributed by atoms with van der Waals surface area (Å²) in [6.07, 6.45) is 0.602. The number of nitrogens with one attached hydrogen (secondary N) is 1. The normalized spacial score (nSPS) is 25.9. The predicted octanol–water partition coefficient (Wildman–Crippen LogP) is 0.396. The number of rotatable bonds is 5. The molecule has 5 heteroatoms. The molecule has 15 heavy (non-hydrogen) atoms. The number of thioether (sulfide) groups is 1. The Balaban J connectivity index is 2.16. The lowest BCUT2D eigenvalue weighted by atomic mass is 10.0. The third-order valence-corrected chi connectivity index (χ3v) is 3.34. The highest BCUT2D eigenvalue weighted by Gasteiger charge is 2.32. The average Bonchev–Trinajstić information content (AvgIpc) is 2.60. The minimum Gasteiger partial charge on any atom is -0.386 e. The zero-order valence-corrected chi connectivity index (χ0v) is 10.1. The molecule has 1 fully saturated rings. The summed E-state index contributed by atoms with van der Waals surface area (Å²) in [5, 5.41) is 13.1. The molecule has 1 amide bonds. The molecule has 0 aromatic heterocycles. The van der Waals surface area contributed by atoms with E-state index in [1.807, 2.05) is 0 Å². The van der Waals surface area contributed by atoms with Gasteiger partial charge in [-0.3, -0.25) is 4.79 Å². The second-order valence-corrected chi connectivity index (χ2v) is 5.73. The molecule has 2 N–H and O–H groups in total. The van der Waals surface area contributed by atoms with Gasteiger partial charge in [0.1, 0.15) is 5.60 Å². The number of carbonyl (C=O) groups excluding carboxylic acids is 1. The highest BCUT2D eigenvalue weighted by atomic mass is 32.2. The van der Waals surface area contributed by atoms with E-state index in [1.54, 1.807) is 11.8 Å². The molecule has 0 aliphatic carbocycles. The van der Waals surface area contributed by atoms with Crippen LogP contribution in [0.15, 0.2) is 0 Å². The fraction of sp³-hybridized carbons (Fsp3) is 0.900. The lowest BCUT2D eigenvalue weighted by Crippen LogP contribution is -2.43. The van der Waals surface area contributed by atoms with Gasteiger partial charge >= 0.3 is 0 Å². The Kier molecular flexibility index (Phi) is 4.89. The first-order valence-corrected chi connectivity index (χ1v) is 6.25. The zero-order chi connectivity index (χ0) is 11.3. The molecule has 0 saturated carbocycles. The average molecular weight is 233 g/mol.